The number of halogens is 1. The largest absolute Gasteiger partial charge is 0.339 e. The number of sulfonamides is 1. The molecule has 0 unspecified atom stereocenters. The summed E-state index contributed by atoms with van der Waals surface area (Å²) in [7, 11) is -3.94. The normalized spacial score (nSPS) is 14.7. The molecule has 164 valence electrons. The first-order valence-corrected chi connectivity index (χ1v) is 11.1. The van der Waals surface area contributed by atoms with E-state index in [1.807, 2.05) is 4.72 Å². The lowest BCUT2D eigenvalue weighted by Crippen LogP contribution is -2.41. The average molecular weight is 447 g/mol. The molecule has 1 heterocycles. The molecule has 2 aromatic carbocycles. The first-order valence-electron chi connectivity index (χ1n) is 9.65. The second kappa shape index (κ2) is 9.25. The Balaban J connectivity index is 1.54. The van der Waals surface area contributed by atoms with Crippen LogP contribution in [0.25, 0.3) is 0 Å². The van der Waals surface area contributed by atoms with Gasteiger partial charge in [-0.25, -0.2) is 17.5 Å². The van der Waals surface area contributed by atoms with E-state index in [4.69, 9.17) is 0 Å². The zero-order chi connectivity index (χ0) is 22.6. The van der Waals surface area contributed by atoms with Crippen LogP contribution in [0.1, 0.15) is 30.1 Å². The number of piperidine rings is 1. The Morgan fingerprint density at radius 3 is 2.10 bits per heavy atom. The highest BCUT2D eigenvalue weighted by atomic mass is 32.2. The van der Waals surface area contributed by atoms with E-state index in [1.165, 1.54) is 48.5 Å². The van der Waals surface area contributed by atoms with Crippen molar-refractivity contribution in [3.8, 4) is 0 Å². The molecule has 0 saturated carbocycles. The predicted octanol–water partition coefficient (Wildman–Crippen LogP) is 2.14. The quantitative estimate of drug-likeness (QED) is 0.729. The minimum absolute atomic E-state index is 0.0895. The summed E-state index contributed by atoms with van der Waals surface area (Å²) in [6, 6.07) is 10.8. The smallest absolute Gasteiger partial charge is 0.264 e. The van der Waals surface area contributed by atoms with Crippen molar-refractivity contribution in [3.63, 3.8) is 0 Å². The molecular formula is C21H22FN3O5S. The van der Waals surface area contributed by atoms with E-state index in [9.17, 15) is 27.2 Å². The van der Waals surface area contributed by atoms with Crippen LogP contribution >= 0.6 is 0 Å². The Morgan fingerprint density at radius 1 is 0.968 bits per heavy atom. The Hall–Kier alpha value is -3.27. The molecule has 8 nitrogen and oxygen atoms in total. The molecule has 1 saturated heterocycles. The molecule has 0 aliphatic carbocycles. The SMILES string of the molecule is CC(=O)NS(=O)(=O)c1ccc(NC(=O)C2CCN(C(=O)c3ccc(F)cc3)CC2)cc1. The van der Waals surface area contributed by atoms with Gasteiger partial charge in [0.1, 0.15) is 5.82 Å². The van der Waals surface area contributed by atoms with Gasteiger partial charge in [0.25, 0.3) is 15.9 Å². The summed E-state index contributed by atoms with van der Waals surface area (Å²) in [6.45, 7) is 1.91. The highest BCUT2D eigenvalue weighted by Gasteiger charge is 2.28. The minimum atomic E-state index is -3.94. The van der Waals surface area contributed by atoms with Gasteiger partial charge in [0.2, 0.25) is 11.8 Å². The van der Waals surface area contributed by atoms with Gasteiger partial charge in [-0.2, -0.15) is 0 Å². The summed E-state index contributed by atoms with van der Waals surface area (Å²) in [6.07, 6.45) is 0.960. The number of hydrogen-bond acceptors (Lipinski definition) is 5. The number of nitrogens with one attached hydrogen (secondary N) is 2. The summed E-state index contributed by atoms with van der Waals surface area (Å²) in [5.74, 6) is -1.81. The van der Waals surface area contributed by atoms with Crippen LogP contribution < -0.4 is 10.0 Å². The molecule has 2 N–H and O–H groups in total. The molecule has 2 aromatic rings. The Kier molecular flexibility index (Phi) is 6.69. The van der Waals surface area contributed by atoms with E-state index in [1.54, 1.807) is 4.90 Å². The van der Waals surface area contributed by atoms with Crippen LogP contribution in [0, 0.1) is 11.7 Å². The second-order valence-electron chi connectivity index (χ2n) is 7.25. The van der Waals surface area contributed by atoms with Crippen molar-refractivity contribution in [3.05, 3.63) is 59.9 Å². The van der Waals surface area contributed by atoms with Crippen LogP contribution in [0.3, 0.4) is 0 Å². The molecule has 0 aromatic heterocycles. The van der Waals surface area contributed by atoms with Gasteiger partial charge < -0.3 is 10.2 Å². The predicted molar refractivity (Wildman–Crippen MR) is 111 cm³/mol. The fraction of sp³-hybridized carbons (Fsp3) is 0.286. The molecule has 0 radical (unpaired) electrons. The fourth-order valence-electron chi connectivity index (χ4n) is 3.33. The molecular weight excluding hydrogens is 425 g/mol. The van der Waals surface area contributed by atoms with Crippen LogP contribution in [0.15, 0.2) is 53.4 Å². The lowest BCUT2D eigenvalue weighted by Gasteiger charge is -2.31. The molecule has 3 amide bonds. The molecule has 1 aliphatic rings. The van der Waals surface area contributed by atoms with Crippen molar-refractivity contribution in [2.24, 2.45) is 5.92 Å². The lowest BCUT2D eigenvalue weighted by atomic mass is 9.95. The molecule has 0 atom stereocenters. The number of carbonyl (C=O) groups is 3. The van der Waals surface area contributed by atoms with Crippen LogP contribution in [-0.2, 0) is 19.6 Å². The number of benzene rings is 2. The standard InChI is InChI=1S/C21H22FN3O5S/c1-14(26)24-31(29,30)19-8-6-18(7-9-19)23-20(27)15-10-12-25(13-11-15)21(28)16-2-4-17(22)5-3-16/h2-9,15H,10-13H2,1H3,(H,23,27)(H,24,26). The third-order valence-corrected chi connectivity index (χ3v) is 6.40. The van der Waals surface area contributed by atoms with E-state index >= 15 is 0 Å². The van der Waals surface area contributed by atoms with Gasteiger partial charge in [-0.05, 0) is 61.4 Å². The number of likely N-dealkylation sites (tertiary alicyclic amines) is 1. The van der Waals surface area contributed by atoms with Crippen LogP contribution in [0.2, 0.25) is 0 Å². The summed E-state index contributed by atoms with van der Waals surface area (Å²) in [4.78, 5) is 37.6. The zero-order valence-corrected chi connectivity index (χ0v) is 17.6. The minimum Gasteiger partial charge on any atom is -0.339 e. The number of carbonyl (C=O) groups excluding carboxylic acids is 3. The summed E-state index contributed by atoms with van der Waals surface area (Å²) in [5, 5.41) is 2.75. The van der Waals surface area contributed by atoms with E-state index < -0.39 is 21.7 Å². The molecule has 0 bridgehead atoms. The molecule has 3 rings (SSSR count). The van der Waals surface area contributed by atoms with Crippen molar-refractivity contribution in [2.45, 2.75) is 24.7 Å². The van der Waals surface area contributed by atoms with Crippen molar-refractivity contribution < 1.29 is 27.2 Å². The number of nitrogens with zero attached hydrogens (tertiary/aromatic N) is 1. The monoisotopic (exact) mass is 447 g/mol. The van der Waals surface area contributed by atoms with Gasteiger partial charge in [0, 0.05) is 37.2 Å². The van der Waals surface area contributed by atoms with E-state index in [-0.39, 0.29) is 22.6 Å². The number of anilines is 1. The first-order chi connectivity index (χ1) is 14.7. The fourth-order valence-corrected chi connectivity index (χ4v) is 4.32. The third-order valence-electron chi connectivity index (χ3n) is 4.95. The Labute approximate surface area is 179 Å². The topological polar surface area (TPSA) is 113 Å². The van der Waals surface area contributed by atoms with Gasteiger partial charge in [0.05, 0.1) is 4.90 Å². The second-order valence-corrected chi connectivity index (χ2v) is 8.93. The molecule has 31 heavy (non-hydrogen) atoms. The van der Waals surface area contributed by atoms with Gasteiger partial charge in [0.15, 0.2) is 0 Å². The molecule has 1 fully saturated rings. The van der Waals surface area contributed by atoms with Crippen LogP contribution in [0.5, 0.6) is 0 Å². The Bertz CT molecular complexity index is 1080. The zero-order valence-electron chi connectivity index (χ0n) is 16.8. The third kappa shape index (κ3) is 5.66. The Morgan fingerprint density at radius 2 is 1.55 bits per heavy atom. The van der Waals surface area contributed by atoms with Gasteiger partial charge in [-0.15, -0.1) is 0 Å². The maximum absolute atomic E-state index is 13.0. The van der Waals surface area contributed by atoms with Gasteiger partial charge in [-0.3, -0.25) is 14.4 Å². The average Bonchev–Trinajstić information content (AvgIpc) is 2.73. The van der Waals surface area contributed by atoms with E-state index in [0.29, 0.717) is 37.2 Å². The van der Waals surface area contributed by atoms with Crippen molar-refractivity contribution >= 4 is 33.4 Å². The summed E-state index contributed by atoms with van der Waals surface area (Å²) in [5.41, 5.74) is 0.829. The van der Waals surface area contributed by atoms with E-state index in [0.717, 1.165) is 6.92 Å². The summed E-state index contributed by atoms with van der Waals surface area (Å²) >= 11 is 0. The number of hydrogen-bond donors (Lipinski definition) is 2. The summed E-state index contributed by atoms with van der Waals surface area (Å²) < 4.78 is 38.8. The van der Waals surface area contributed by atoms with Crippen molar-refractivity contribution in [2.75, 3.05) is 18.4 Å². The lowest BCUT2D eigenvalue weighted by molar-refractivity contribution is -0.121. The molecule has 10 heteroatoms. The maximum atomic E-state index is 13.0. The van der Waals surface area contributed by atoms with Crippen LogP contribution in [0.4, 0.5) is 10.1 Å². The first kappa shape index (κ1) is 22.4. The molecule has 0 spiro atoms. The number of rotatable bonds is 5. The number of amides is 3. The maximum Gasteiger partial charge on any atom is 0.264 e. The van der Waals surface area contributed by atoms with Crippen molar-refractivity contribution in [1.82, 2.24) is 9.62 Å². The van der Waals surface area contributed by atoms with Gasteiger partial charge >= 0.3 is 0 Å². The van der Waals surface area contributed by atoms with E-state index in [2.05, 4.69) is 5.32 Å². The molecule has 1 aliphatic heterocycles. The van der Waals surface area contributed by atoms with Crippen LogP contribution in [-0.4, -0.2) is 44.1 Å². The van der Waals surface area contributed by atoms with Gasteiger partial charge in [-0.1, -0.05) is 0 Å². The highest BCUT2D eigenvalue weighted by molar-refractivity contribution is 7.90. The highest BCUT2D eigenvalue weighted by Crippen LogP contribution is 2.22. The van der Waals surface area contributed by atoms with Crippen molar-refractivity contribution in [1.29, 1.82) is 0 Å².